The molecule has 12 heavy (non-hydrogen) atoms. The van der Waals surface area contributed by atoms with Crippen molar-refractivity contribution >= 4 is 17.5 Å². The normalized spacial score (nSPS) is 9.83. The molecule has 0 aliphatic carbocycles. The van der Waals surface area contributed by atoms with Gasteiger partial charge in [-0.15, -0.1) is 0 Å². The fourth-order valence-electron chi connectivity index (χ4n) is 0.767. The van der Waals surface area contributed by atoms with Gasteiger partial charge in [-0.3, -0.25) is 4.79 Å². The summed E-state index contributed by atoms with van der Waals surface area (Å²) in [5.41, 5.74) is 4.32. The van der Waals surface area contributed by atoms with E-state index >= 15 is 0 Å². The Balaban J connectivity index is 3.43. The van der Waals surface area contributed by atoms with E-state index in [2.05, 4.69) is 0 Å². The number of rotatable bonds is 1. The van der Waals surface area contributed by atoms with Gasteiger partial charge in [-0.2, -0.15) is 0 Å². The molecule has 64 valence electrons. The van der Waals surface area contributed by atoms with Crippen LogP contribution in [0.2, 0.25) is 5.02 Å². The Bertz CT molecular complexity index is 340. The Labute approximate surface area is 72.6 Å². The number of phenols is 1. The summed E-state index contributed by atoms with van der Waals surface area (Å²) < 4.78 is 12.9. The smallest absolute Gasteiger partial charge is 0.253 e. The third-order valence-electron chi connectivity index (χ3n) is 1.32. The first-order chi connectivity index (χ1) is 5.54. The van der Waals surface area contributed by atoms with Crippen molar-refractivity contribution in [3.8, 4) is 5.75 Å². The van der Waals surface area contributed by atoms with Crippen molar-refractivity contribution in [2.75, 3.05) is 0 Å². The van der Waals surface area contributed by atoms with E-state index in [0.29, 0.717) is 0 Å². The fraction of sp³-hybridized carbons (Fsp3) is 0. The number of carbonyl (C=O) groups is 1. The minimum absolute atomic E-state index is 0.113. The molecule has 1 amide bonds. The van der Waals surface area contributed by atoms with Crippen LogP contribution in [-0.4, -0.2) is 11.0 Å². The lowest BCUT2D eigenvalue weighted by Crippen LogP contribution is -2.13. The maximum Gasteiger partial charge on any atom is 0.253 e. The van der Waals surface area contributed by atoms with Crippen LogP contribution in [0.1, 0.15) is 10.4 Å². The average Bonchev–Trinajstić information content (AvgIpc) is 1.97. The van der Waals surface area contributed by atoms with Gasteiger partial charge >= 0.3 is 0 Å². The van der Waals surface area contributed by atoms with Crippen molar-refractivity contribution in [2.24, 2.45) is 5.73 Å². The minimum Gasteiger partial charge on any atom is -0.505 e. The number of nitrogens with two attached hydrogens (primary N) is 1. The van der Waals surface area contributed by atoms with E-state index in [4.69, 9.17) is 22.4 Å². The van der Waals surface area contributed by atoms with Crippen molar-refractivity contribution < 1.29 is 14.3 Å². The van der Waals surface area contributed by atoms with Crippen LogP contribution in [0.4, 0.5) is 4.39 Å². The number of hydrogen-bond donors (Lipinski definition) is 2. The Hall–Kier alpha value is -1.29. The molecule has 0 atom stereocenters. The molecule has 0 radical (unpaired) electrons. The Morgan fingerprint density at radius 2 is 2.17 bits per heavy atom. The summed E-state index contributed by atoms with van der Waals surface area (Å²) >= 11 is 5.44. The summed E-state index contributed by atoms with van der Waals surface area (Å²) in [4.78, 5) is 10.6. The van der Waals surface area contributed by atoms with E-state index < -0.39 is 23.0 Å². The van der Waals surface area contributed by atoms with E-state index in [9.17, 15) is 9.18 Å². The highest BCUT2D eigenvalue weighted by Crippen LogP contribution is 2.25. The van der Waals surface area contributed by atoms with Crippen LogP contribution in [0.15, 0.2) is 12.1 Å². The average molecular weight is 190 g/mol. The predicted molar refractivity (Wildman–Crippen MR) is 41.6 cm³/mol. The highest BCUT2D eigenvalue weighted by atomic mass is 35.5. The molecule has 0 bridgehead atoms. The SMILES string of the molecule is NC(=O)c1c(Cl)ccc(O)c1F. The van der Waals surface area contributed by atoms with E-state index in [1.807, 2.05) is 0 Å². The molecular weight excluding hydrogens is 185 g/mol. The quantitative estimate of drug-likeness (QED) is 0.699. The second-order valence-electron chi connectivity index (χ2n) is 2.12. The molecule has 0 saturated carbocycles. The van der Waals surface area contributed by atoms with E-state index in [1.165, 1.54) is 6.07 Å². The number of halogens is 2. The van der Waals surface area contributed by atoms with Gasteiger partial charge in [-0.1, -0.05) is 11.6 Å². The molecule has 0 aliphatic heterocycles. The molecule has 1 rings (SSSR count). The third-order valence-corrected chi connectivity index (χ3v) is 1.63. The summed E-state index contributed by atoms with van der Waals surface area (Å²) in [5, 5.41) is 8.72. The Kier molecular flexibility index (Phi) is 2.19. The van der Waals surface area contributed by atoms with Crippen molar-refractivity contribution in [2.45, 2.75) is 0 Å². The zero-order valence-electron chi connectivity index (χ0n) is 5.84. The summed E-state index contributed by atoms with van der Waals surface area (Å²) in [7, 11) is 0. The zero-order chi connectivity index (χ0) is 9.30. The molecule has 3 nitrogen and oxygen atoms in total. The molecule has 0 saturated heterocycles. The van der Waals surface area contributed by atoms with Gasteiger partial charge in [0.15, 0.2) is 11.6 Å². The lowest BCUT2D eigenvalue weighted by molar-refractivity contribution is 0.0996. The van der Waals surface area contributed by atoms with Gasteiger partial charge in [-0.05, 0) is 12.1 Å². The van der Waals surface area contributed by atoms with Crippen LogP contribution in [-0.2, 0) is 0 Å². The molecule has 0 aromatic heterocycles. The first kappa shape index (κ1) is 8.80. The van der Waals surface area contributed by atoms with Crippen LogP contribution < -0.4 is 5.73 Å². The molecule has 1 aromatic rings. The molecule has 3 N–H and O–H groups in total. The zero-order valence-corrected chi connectivity index (χ0v) is 6.60. The molecular formula is C7H5ClFNO2. The number of primary amides is 1. The molecule has 1 aromatic carbocycles. The van der Waals surface area contributed by atoms with Crippen molar-refractivity contribution in [3.05, 3.63) is 28.5 Å². The molecule has 0 heterocycles. The van der Waals surface area contributed by atoms with E-state index in [0.717, 1.165) is 6.07 Å². The van der Waals surface area contributed by atoms with Crippen LogP contribution in [0.3, 0.4) is 0 Å². The van der Waals surface area contributed by atoms with E-state index in [-0.39, 0.29) is 5.02 Å². The molecule has 0 aliphatic rings. The molecule has 0 spiro atoms. The number of hydrogen-bond acceptors (Lipinski definition) is 2. The van der Waals surface area contributed by atoms with Gasteiger partial charge in [-0.25, -0.2) is 4.39 Å². The molecule has 0 unspecified atom stereocenters. The van der Waals surface area contributed by atoms with Crippen molar-refractivity contribution in [1.82, 2.24) is 0 Å². The maximum atomic E-state index is 12.9. The summed E-state index contributed by atoms with van der Waals surface area (Å²) in [6, 6.07) is 2.24. The minimum atomic E-state index is -1.09. The van der Waals surface area contributed by atoms with Gasteiger partial charge in [0.1, 0.15) is 0 Å². The molecule has 0 fully saturated rings. The van der Waals surface area contributed by atoms with Crippen molar-refractivity contribution in [3.63, 3.8) is 0 Å². The predicted octanol–water partition coefficient (Wildman–Crippen LogP) is 1.28. The number of benzene rings is 1. The largest absolute Gasteiger partial charge is 0.505 e. The first-order valence-electron chi connectivity index (χ1n) is 3.01. The van der Waals surface area contributed by atoms with Gasteiger partial charge in [0.05, 0.1) is 10.6 Å². The maximum absolute atomic E-state index is 12.9. The number of amides is 1. The standard InChI is InChI=1S/C7H5ClFNO2/c8-3-1-2-4(11)6(9)5(3)7(10)12/h1-2,11H,(H2,10,12). The topological polar surface area (TPSA) is 63.3 Å². The molecule has 5 heteroatoms. The second kappa shape index (κ2) is 2.98. The number of carbonyl (C=O) groups excluding carboxylic acids is 1. The number of phenolic OH excluding ortho intramolecular Hbond substituents is 1. The van der Waals surface area contributed by atoms with Gasteiger partial charge in [0, 0.05) is 0 Å². The summed E-state index contributed by atoms with van der Waals surface area (Å²) in [6.07, 6.45) is 0. The number of aromatic hydroxyl groups is 1. The highest BCUT2D eigenvalue weighted by molar-refractivity contribution is 6.33. The van der Waals surface area contributed by atoms with Gasteiger partial charge in [0.25, 0.3) is 5.91 Å². The monoisotopic (exact) mass is 189 g/mol. The lowest BCUT2D eigenvalue weighted by Gasteiger charge is -2.02. The van der Waals surface area contributed by atoms with E-state index in [1.54, 1.807) is 0 Å². The van der Waals surface area contributed by atoms with Crippen LogP contribution in [0.25, 0.3) is 0 Å². The Morgan fingerprint density at radius 3 is 2.58 bits per heavy atom. The third kappa shape index (κ3) is 1.33. The lowest BCUT2D eigenvalue weighted by atomic mass is 10.2. The fourth-order valence-corrected chi connectivity index (χ4v) is 1.01. The summed E-state index contributed by atoms with van der Waals surface area (Å²) in [6.45, 7) is 0. The second-order valence-corrected chi connectivity index (χ2v) is 2.53. The Morgan fingerprint density at radius 1 is 1.58 bits per heavy atom. The van der Waals surface area contributed by atoms with Gasteiger partial charge in [0.2, 0.25) is 0 Å². The highest BCUT2D eigenvalue weighted by Gasteiger charge is 2.15. The van der Waals surface area contributed by atoms with Crippen LogP contribution in [0, 0.1) is 5.82 Å². The first-order valence-corrected chi connectivity index (χ1v) is 3.38. The van der Waals surface area contributed by atoms with Gasteiger partial charge < -0.3 is 10.8 Å². The van der Waals surface area contributed by atoms with Crippen molar-refractivity contribution in [1.29, 1.82) is 0 Å². The summed E-state index contributed by atoms with van der Waals surface area (Å²) in [5.74, 6) is -2.74. The van der Waals surface area contributed by atoms with Crippen LogP contribution >= 0.6 is 11.6 Å². The van der Waals surface area contributed by atoms with Crippen LogP contribution in [0.5, 0.6) is 5.75 Å².